The van der Waals surface area contributed by atoms with Gasteiger partial charge in [0.05, 0.1) is 6.61 Å². The minimum Gasteiger partial charge on any atom is -0.363 e. The molecule has 2 rings (SSSR count). The molecule has 6 heteroatoms. The van der Waals surface area contributed by atoms with Crippen LogP contribution in [0.3, 0.4) is 0 Å². The van der Waals surface area contributed by atoms with Crippen molar-refractivity contribution in [3.63, 3.8) is 0 Å². The quantitative estimate of drug-likeness (QED) is 0.380. The second kappa shape index (κ2) is 6.78. The van der Waals surface area contributed by atoms with Crippen LogP contribution in [-0.2, 0) is 16.0 Å². The lowest BCUT2D eigenvalue weighted by atomic mass is 9.97. The Hall–Kier alpha value is -2.04. The summed E-state index contributed by atoms with van der Waals surface area (Å²) < 4.78 is 5.55. The Kier molecular flexibility index (Phi) is 4.78. The second-order valence-corrected chi connectivity index (χ2v) is 4.30. The number of fused-ring (bicyclic) bond motifs is 1. The van der Waals surface area contributed by atoms with E-state index in [1.807, 2.05) is 24.3 Å². The normalized spacial score (nSPS) is 17.2. The number of hydrogen-bond donors (Lipinski definition) is 1. The Bertz CT molecular complexity index is 497. The zero-order valence-corrected chi connectivity index (χ0v) is 10.6. The van der Waals surface area contributed by atoms with Crippen molar-refractivity contribution in [2.45, 2.75) is 18.9 Å². The molecule has 0 aromatic heterocycles. The van der Waals surface area contributed by atoms with Gasteiger partial charge in [-0.05, 0) is 29.5 Å². The third kappa shape index (κ3) is 3.47. The van der Waals surface area contributed by atoms with Crippen LogP contribution in [0.25, 0.3) is 10.4 Å². The predicted molar refractivity (Wildman–Crippen MR) is 70.5 cm³/mol. The third-order valence-corrected chi connectivity index (χ3v) is 3.03. The highest BCUT2D eigenvalue weighted by atomic mass is 16.5. The third-order valence-electron chi connectivity index (χ3n) is 3.03. The summed E-state index contributed by atoms with van der Waals surface area (Å²) in [5.74, 6) is -0.131. The van der Waals surface area contributed by atoms with E-state index in [0.717, 1.165) is 12.0 Å². The number of rotatable bonds is 5. The Morgan fingerprint density at radius 2 is 2.37 bits per heavy atom. The number of benzene rings is 1. The van der Waals surface area contributed by atoms with Gasteiger partial charge in [-0.3, -0.25) is 4.79 Å². The molecular formula is C13H16N4O2. The van der Waals surface area contributed by atoms with E-state index in [1.165, 1.54) is 5.56 Å². The van der Waals surface area contributed by atoms with Gasteiger partial charge in [-0.2, -0.15) is 0 Å². The van der Waals surface area contributed by atoms with E-state index >= 15 is 0 Å². The fraction of sp³-hybridized carbons (Fsp3) is 0.462. The summed E-state index contributed by atoms with van der Waals surface area (Å²) in [4.78, 5) is 14.7. The first-order valence-corrected chi connectivity index (χ1v) is 6.31. The number of nitrogens with one attached hydrogen (secondary N) is 1. The highest BCUT2D eigenvalue weighted by Crippen LogP contribution is 2.26. The van der Waals surface area contributed by atoms with E-state index in [9.17, 15) is 4.79 Å². The first-order chi connectivity index (χ1) is 9.33. The van der Waals surface area contributed by atoms with Gasteiger partial charge in [0.1, 0.15) is 0 Å². The van der Waals surface area contributed by atoms with Crippen LogP contribution in [-0.4, -0.2) is 25.6 Å². The van der Waals surface area contributed by atoms with E-state index in [4.69, 9.17) is 10.3 Å². The summed E-state index contributed by atoms with van der Waals surface area (Å²) in [5, 5.41) is 6.22. The number of hydrogen-bond acceptors (Lipinski definition) is 3. The molecule has 1 atom stereocenters. The standard InChI is InChI=1S/C13H16N4O2/c14-17-16-8-3-7-15-13(18)12-11-5-2-1-4-10(11)6-9-19-12/h1-2,4-5,12H,3,6-9H2,(H,15,18). The van der Waals surface area contributed by atoms with Crippen LogP contribution in [0.1, 0.15) is 23.7 Å². The van der Waals surface area contributed by atoms with Crippen LogP contribution in [0.4, 0.5) is 0 Å². The molecule has 0 radical (unpaired) electrons. The van der Waals surface area contributed by atoms with Crippen molar-refractivity contribution in [3.8, 4) is 0 Å². The van der Waals surface area contributed by atoms with E-state index in [0.29, 0.717) is 26.1 Å². The van der Waals surface area contributed by atoms with Gasteiger partial charge in [-0.15, -0.1) is 0 Å². The molecule has 0 aliphatic carbocycles. The zero-order valence-electron chi connectivity index (χ0n) is 10.6. The first kappa shape index (κ1) is 13.4. The molecule has 1 heterocycles. The van der Waals surface area contributed by atoms with Crippen LogP contribution < -0.4 is 5.32 Å². The van der Waals surface area contributed by atoms with Crippen molar-refractivity contribution in [1.82, 2.24) is 5.32 Å². The number of ether oxygens (including phenoxy) is 1. The maximum absolute atomic E-state index is 12.1. The molecule has 1 N–H and O–H groups in total. The van der Waals surface area contributed by atoms with Crippen LogP contribution in [0.2, 0.25) is 0 Å². The molecule has 0 bridgehead atoms. The van der Waals surface area contributed by atoms with E-state index in [1.54, 1.807) is 0 Å². The summed E-state index contributed by atoms with van der Waals surface area (Å²) in [7, 11) is 0. The van der Waals surface area contributed by atoms with Crippen LogP contribution in [0, 0.1) is 0 Å². The smallest absolute Gasteiger partial charge is 0.253 e. The average molecular weight is 260 g/mol. The maximum atomic E-state index is 12.1. The molecule has 1 unspecified atom stereocenters. The number of carbonyl (C=O) groups is 1. The summed E-state index contributed by atoms with van der Waals surface area (Å²) in [6.07, 6.45) is 0.950. The van der Waals surface area contributed by atoms with Gasteiger partial charge in [0.15, 0.2) is 6.10 Å². The number of azide groups is 1. The summed E-state index contributed by atoms with van der Waals surface area (Å²) in [6.45, 7) is 1.44. The first-order valence-electron chi connectivity index (χ1n) is 6.31. The molecule has 19 heavy (non-hydrogen) atoms. The van der Waals surface area contributed by atoms with Crippen molar-refractivity contribution in [1.29, 1.82) is 0 Å². The summed E-state index contributed by atoms with van der Waals surface area (Å²) >= 11 is 0. The van der Waals surface area contributed by atoms with E-state index < -0.39 is 6.10 Å². The van der Waals surface area contributed by atoms with Gasteiger partial charge in [0, 0.05) is 18.0 Å². The molecule has 1 amide bonds. The second-order valence-electron chi connectivity index (χ2n) is 4.30. The van der Waals surface area contributed by atoms with Crippen LogP contribution in [0.15, 0.2) is 29.4 Å². The van der Waals surface area contributed by atoms with Crippen molar-refractivity contribution in [3.05, 3.63) is 45.8 Å². The maximum Gasteiger partial charge on any atom is 0.253 e. The average Bonchev–Trinajstić information content (AvgIpc) is 2.46. The minimum atomic E-state index is -0.524. The molecule has 1 aromatic carbocycles. The molecular weight excluding hydrogens is 244 g/mol. The fourth-order valence-corrected chi connectivity index (χ4v) is 2.11. The van der Waals surface area contributed by atoms with Crippen LogP contribution >= 0.6 is 0 Å². The Labute approximate surface area is 111 Å². The Balaban J connectivity index is 1.91. The molecule has 0 spiro atoms. The van der Waals surface area contributed by atoms with E-state index in [2.05, 4.69) is 15.3 Å². The number of nitrogens with zero attached hydrogens (tertiary/aromatic N) is 3. The molecule has 6 nitrogen and oxygen atoms in total. The summed E-state index contributed by atoms with van der Waals surface area (Å²) in [5.41, 5.74) is 10.3. The largest absolute Gasteiger partial charge is 0.363 e. The molecule has 1 aliphatic heterocycles. The molecule has 1 aromatic rings. The number of carbonyl (C=O) groups excluding carboxylic acids is 1. The molecule has 0 fully saturated rings. The Morgan fingerprint density at radius 3 is 3.21 bits per heavy atom. The predicted octanol–water partition coefficient (Wildman–Crippen LogP) is 2.12. The molecule has 0 saturated carbocycles. The van der Waals surface area contributed by atoms with Gasteiger partial charge in [0.25, 0.3) is 5.91 Å². The van der Waals surface area contributed by atoms with Crippen molar-refractivity contribution in [2.75, 3.05) is 19.7 Å². The zero-order chi connectivity index (χ0) is 13.5. The monoisotopic (exact) mass is 260 g/mol. The van der Waals surface area contributed by atoms with Gasteiger partial charge in [-0.25, -0.2) is 0 Å². The van der Waals surface area contributed by atoms with Crippen molar-refractivity contribution in [2.24, 2.45) is 5.11 Å². The lowest BCUT2D eigenvalue weighted by molar-refractivity contribution is -0.134. The highest BCUT2D eigenvalue weighted by molar-refractivity contribution is 5.82. The van der Waals surface area contributed by atoms with Gasteiger partial charge in [-0.1, -0.05) is 29.4 Å². The van der Waals surface area contributed by atoms with Crippen LogP contribution in [0.5, 0.6) is 0 Å². The van der Waals surface area contributed by atoms with Gasteiger partial charge >= 0.3 is 0 Å². The summed E-state index contributed by atoms with van der Waals surface area (Å²) in [6, 6.07) is 7.84. The highest BCUT2D eigenvalue weighted by Gasteiger charge is 2.26. The van der Waals surface area contributed by atoms with Gasteiger partial charge in [0.2, 0.25) is 0 Å². The minimum absolute atomic E-state index is 0.131. The van der Waals surface area contributed by atoms with E-state index in [-0.39, 0.29) is 5.91 Å². The van der Waals surface area contributed by atoms with Crippen molar-refractivity contribution >= 4 is 5.91 Å². The van der Waals surface area contributed by atoms with Gasteiger partial charge < -0.3 is 10.1 Å². The molecule has 1 aliphatic rings. The topological polar surface area (TPSA) is 87.1 Å². The fourth-order valence-electron chi connectivity index (χ4n) is 2.11. The lowest BCUT2D eigenvalue weighted by Crippen LogP contribution is -2.34. The molecule has 0 saturated heterocycles. The number of amides is 1. The SMILES string of the molecule is [N-]=[N+]=NCCCNC(=O)C1OCCc2ccccc21. The van der Waals surface area contributed by atoms with Crippen molar-refractivity contribution < 1.29 is 9.53 Å². The Morgan fingerprint density at radius 1 is 1.53 bits per heavy atom. The lowest BCUT2D eigenvalue weighted by Gasteiger charge is -2.25. The molecule has 100 valence electrons.